The molecule has 26 heavy (non-hydrogen) atoms. The summed E-state index contributed by atoms with van der Waals surface area (Å²) < 4.78 is 1.74. The quantitative estimate of drug-likeness (QED) is 0.812. The summed E-state index contributed by atoms with van der Waals surface area (Å²) in [7, 11) is 0. The van der Waals surface area contributed by atoms with Crippen molar-refractivity contribution in [3.8, 4) is 0 Å². The van der Waals surface area contributed by atoms with Crippen molar-refractivity contribution < 1.29 is 4.79 Å². The smallest absolute Gasteiger partial charge is 0.257 e. The van der Waals surface area contributed by atoms with E-state index >= 15 is 0 Å². The van der Waals surface area contributed by atoms with E-state index < -0.39 is 0 Å². The molecule has 1 unspecified atom stereocenters. The highest BCUT2D eigenvalue weighted by Crippen LogP contribution is 2.34. The van der Waals surface area contributed by atoms with Crippen LogP contribution < -0.4 is 10.9 Å². The maximum absolute atomic E-state index is 12.9. The molecule has 1 aliphatic carbocycles. The van der Waals surface area contributed by atoms with Gasteiger partial charge in [-0.3, -0.25) is 14.2 Å². The van der Waals surface area contributed by atoms with E-state index in [1.165, 1.54) is 0 Å². The number of aryl methyl sites for hydroxylation is 2. The van der Waals surface area contributed by atoms with Crippen molar-refractivity contribution in [3.63, 3.8) is 0 Å². The van der Waals surface area contributed by atoms with Crippen LogP contribution in [0.3, 0.4) is 0 Å². The molecule has 0 fully saturated rings. The molecule has 2 aliphatic rings. The third-order valence-corrected chi connectivity index (χ3v) is 6.35. The lowest BCUT2D eigenvalue weighted by Gasteiger charge is -2.19. The first kappa shape index (κ1) is 17.6. The van der Waals surface area contributed by atoms with Gasteiger partial charge in [0.15, 0.2) is 5.16 Å². The second kappa shape index (κ2) is 7.08. The number of amides is 1. The van der Waals surface area contributed by atoms with Crippen LogP contribution in [0.2, 0.25) is 5.02 Å². The first-order chi connectivity index (χ1) is 12.5. The van der Waals surface area contributed by atoms with Crippen molar-refractivity contribution in [1.82, 2.24) is 9.55 Å². The van der Waals surface area contributed by atoms with Crippen molar-refractivity contribution in [2.75, 3.05) is 11.1 Å². The molecular formula is C19H20ClN3O2S. The van der Waals surface area contributed by atoms with E-state index in [1.54, 1.807) is 28.5 Å². The molecule has 1 aliphatic heterocycles. The molecule has 0 spiro atoms. The summed E-state index contributed by atoms with van der Waals surface area (Å²) in [6.45, 7) is 1.92. The van der Waals surface area contributed by atoms with Crippen molar-refractivity contribution in [3.05, 3.63) is 50.4 Å². The molecule has 1 amide bonds. The predicted octanol–water partition coefficient (Wildman–Crippen LogP) is 3.76. The number of anilines is 1. The van der Waals surface area contributed by atoms with Crippen LogP contribution in [-0.4, -0.2) is 21.2 Å². The zero-order valence-electron chi connectivity index (χ0n) is 14.5. The maximum Gasteiger partial charge on any atom is 0.257 e. The molecule has 2 aromatic rings. The van der Waals surface area contributed by atoms with E-state index in [4.69, 9.17) is 16.6 Å². The Morgan fingerprint density at radius 3 is 3.04 bits per heavy atom. The molecule has 1 aromatic carbocycles. The fraction of sp³-hybridized carbons (Fsp3) is 0.421. The molecule has 7 heteroatoms. The number of rotatable bonds is 3. The topological polar surface area (TPSA) is 64.0 Å². The van der Waals surface area contributed by atoms with E-state index in [2.05, 4.69) is 5.32 Å². The van der Waals surface area contributed by atoms with E-state index in [1.807, 2.05) is 13.0 Å². The van der Waals surface area contributed by atoms with Gasteiger partial charge in [0.1, 0.15) is 0 Å². The predicted molar refractivity (Wildman–Crippen MR) is 104 cm³/mol. The molecule has 1 aromatic heterocycles. The van der Waals surface area contributed by atoms with Gasteiger partial charge in [-0.15, -0.1) is 0 Å². The number of carbonyl (C=O) groups excluding carboxylic acids is 1. The third-order valence-electron chi connectivity index (χ3n) is 5.02. The molecule has 5 nitrogen and oxygen atoms in total. The monoisotopic (exact) mass is 389 g/mol. The summed E-state index contributed by atoms with van der Waals surface area (Å²) in [5, 5.41) is 4.26. The molecule has 136 valence electrons. The Morgan fingerprint density at radius 1 is 1.38 bits per heavy atom. The van der Waals surface area contributed by atoms with Gasteiger partial charge < -0.3 is 5.32 Å². The van der Waals surface area contributed by atoms with Gasteiger partial charge in [-0.2, -0.15) is 0 Å². The standard InChI is InChI=1S/C19H20ClN3O2S/c1-11-6-7-12(20)8-16(11)21-17(24)9-13-10-26-19-22-15-5-3-2-4-14(15)18(25)23(13)19/h6-8,13H,2-5,9-10H2,1H3,(H,21,24). The Labute approximate surface area is 161 Å². The highest BCUT2D eigenvalue weighted by Gasteiger charge is 2.30. The van der Waals surface area contributed by atoms with Gasteiger partial charge in [-0.25, -0.2) is 4.98 Å². The second-order valence-electron chi connectivity index (χ2n) is 6.88. The molecule has 1 atom stereocenters. The number of hydrogen-bond acceptors (Lipinski definition) is 4. The number of aromatic nitrogens is 2. The lowest BCUT2D eigenvalue weighted by molar-refractivity contribution is -0.116. The number of benzene rings is 1. The summed E-state index contributed by atoms with van der Waals surface area (Å²) in [5.41, 5.74) is 3.52. The Morgan fingerprint density at radius 2 is 2.19 bits per heavy atom. The molecule has 0 saturated heterocycles. The van der Waals surface area contributed by atoms with Crippen LogP contribution in [0.4, 0.5) is 5.69 Å². The van der Waals surface area contributed by atoms with Gasteiger partial charge in [-0.1, -0.05) is 29.4 Å². The van der Waals surface area contributed by atoms with Crippen LogP contribution in [-0.2, 0) is 17.6 Å². The van der Waals surface area contributed by atoms with Crippen molar-refractivity contribution in [2.24, 2.45) is 0 Å². The lowest BCUT2D eigenvalue weighted by Crippen LogP contribution is -2.32. The maximum atomic E-state index is 12.9. The highest BCUT2D eigenvalue weighted by atomic mass is 35.5. The summed E-state index contributed by atoms with van der Waals surface area (Å²) in [6.07, 6.45) is 4.07. The van der Waals surface area contributed by atoms with E-state index in [0.717, 1.165) is 47.7 Å². The molecule has 1 N–H and O–H groups in total. The zero-order valence-corrected chi connectivity index (χ0v) is 16.1. The van der Waals surface area contributed by atoms with E-state index in [9.17, 15) is 9.59 Å². The largest absolute Gasteiger partial charge is 0.326 e. The molecular weight excluding hydrogens is 370 g/mol. The SMILES string of the molecule is Cc1ccc(Cl)cc1NC(=O)CC1CSc2nc3c(c(=O)n21)CCCC3. The van der Waals surface area contributed by atoms with Gasteiger partial charge in [0.25, 0.3) is 5.56 Å². The minimum absolute atomic E-state index is 0.0476. The third kappa shape index (κ3) is 3.28. The fourth-order valence-electron chi connectivity index (χ4n) is 3.61. The number of carbonyl (C=O) groups is 1. The lowest BCUT2D eigenvalue weighted by atomic mass is 9.97. The summed E-state index contributed by atoms with van der Waals surface area (Å²) in [4.78, 5) is 30.2. The number of nitrogens with zero attached hydrogens (tertiary/aromatic N) is 2. The van der Waals surface area contributed by atoms with Gasteiger partial charge in [0.2, 0.25) is 5.91 Å². The Balaban J connectivity index is 1.55. The molecule has 0 radical (unpaired) electrons. The van der Waals surface area contributed by atoms with Crippen molar-refractivity contribution in [2.45, 2.75) is 50.2 Å². The van der Waals surface area contributed by atoms with Crippen LogP contribution in [0.5, 0.6) is 0 Å². The van der Waals surface area contributed by atoms with Gasteiger partial charge in [0, 0.05) is 28.4 Å². The Hall–Kier alpha value is -1.79. The average molecular weight is 390 g/mol. The van der Waals surface area contributed by atoms with Crippen LogP contribution in [0.15, 0.2) is 28.2 Å². The summed E-state index contributed by atoms with van der Waals surface area (Å²) in [6, 6.07) is 5.27. The Kier molecular flexibility index (Phi) is 4.80. The molecule has 0 bridgehead atoms. The number of thioether (sulfide) groups is 1. The van der Waals surface area contributed by atoms with Crippen molar-refractivity contribution >= 4 is 35.0 Å². The number of halogens is 1. The van der Waals surface area contributed by atoms with E-state index in [-0.39, 0.29) is 23.9 Å². The highest BCUT2D eigenvalue weighted by molar-refractivity contribution is 7.99. The number of nitrogens with one attached hydrogen (secondary N) is 1. The van der Waals surface area contributed by atoms with E-state index in [0.29, 0.717) is 16.5 Å². The van der Waals surface area contributed by atoms with Crippen LogP contribution in [0.25, 0.3) is 0 Å². The minimum atomic E-state index is -0.151. The van der Waals surface area contributed by atoms with Crippen molar-refractivity contribution in [1.29, 1.82) is 0 Å². The minimum Gasteiger partial charge on any atom is -0.326 e. The molecule has 4 rings (SSSR count). The number of fused-ring (bicyclic) bond motifs is 2. The van der Waals surface area contributed by atoms with Gasteiger partial charge in [-0.05, 0) is 50.3 Å². The Bertz CT molecular complexity index is 941. The van der Waals surface area contributed by atoms with Crippen LogP contribution >= 0.6 is 23.4 Å². The fourth-order valence-corrected chi connectivity index (χ4v) is 4.93. The average Bonchev–Trinajstić information content (AvgIpc) is 3.01. The van der Waals surface area contributed by atoms with Gasteiger partial charge in [0.05, 0.1) is 11.7 Å². The number of hydrogen-bond donors (Lipinski definition) is 1. The second-order valence-corrected chi connectivity index (χ2v) is 8.30. The zero-order chi connectivity index (χ0) is 18.3. The van der Waals surface area contributed by atoms with Crippen LogP contribution in [0.1, 0.15) is 42.1 Å². The normalized spacial score (nSPS) is 18.3. The van der Waals surface area contributed by atoms with Gasteiger partial charge >= 0.3 is 0 Å². The molecule has 0 saturated carbocycles. The first-order valence-electron chi connectivity index (χ1n) is 8.86. The summed E-state index contributed by atoms with van der Waals surface area (Å²) >= 11 is 7.58. The summed E-state index contributed by atoms with van der Waals surface area (Å²) in [5.74, 6) is 0.589. The first-order valence-corrected chi connectivity index (χ1v) is 10.2. The van der Waals surface area contributed by atoms with Crippen LogP contribution in [0, 0.1) is 6.92 Å². The molecule has 2 heterocycles.